The smallest absolute Gasteiger partial charge is 0.416 e. The van der Waals surface area contributed by atoms with Crippen LogP contribution in [-0.4, -0.2) is 24.9 Å². The van der Waals surface area contributed by atoms with Gasteiger partial charge in [0.15, 0.2) is 11.5 Å². The largest absolute Gasteiger partial charge is 0.493 e. The van der Waals surface area contributed by atoms with Crippen LogP contribution < -0.4 is 14.9 Å². The predicted molar refractivity (Wildman–Crippen MR) is 98.5 cm³/mol. The number of nitrogens with one attached hydrogen (secondary N) is 1. The first-order valence-electron chi connectivity index (χ1n) is 7.82. The number of nitrogens with zero attached hydrogens (tertiary/aromatic N) is 2. The monoisotopic (exact) mass is 417 g/mol. The Kier molecular flexibility index (Phi) is 6.68. The average molecular weight is 418 g/mol. The van der Waals surface area contributed by atoms with Crippen LogP contribution in [0.3, 0.4) is 0 Å². The van der Waals surface area contributed by atoms with Crippen molar-refractivity contribution in [2.24, 2.45) is 5.10 Å². The molecule has 0 spiro atoms. The number of benzene rings is 2. The van der Waals surface area contributed by atoms with E-state index < -0.39 is 22.4 Å². The molecule has 28 heavy (non-hydrogen) atoms. The standard InChI is InChI=1S/C17H15ClF3N3O4/c1-3-28-16-12(18)6-10(7-15(16)27-2)9-22-23-13-5-4-11(17(19,20)21)8-14(13)24(25)26/h4-9,23H,3H2,1-2H3/b22-9-. The summed E-state index contributed by atoms with van der Waals surface area (Å²) in [6, 6.07) is 5.20. The molecule has 2 aromatic rings. The topological polar surface area (TPSA) is 86.0 Å². The van der Waals surface area contributed by atoms with Gasteiger partial charge in [-0.2, -0.15) is 18.3 Å². The normalized spacial score (nSPS) is 11.5. The Bertz CT molecular complexity index is 904. The van der Waals surface area contributed by atoms with E-state index in [4.69, 9.17) is 21.1 Å². The van der Waals surface area contributed by atoms with Gasteiger partial charge in [-0.15, -0.1) is 0 Å². The molecule has 0 saturated carbocycles. The fraction of sp³-hybridized carbons (Fsp3) is 0.235. The highest BCUT2D eigenvalue weighted by Crippen LogP contribution is 2.36. The molecule has 2 aromatic carbocycles. The van der Waals surface area contributed by atoms with Crippen molar-refractivity contribution >= 4 is 29.2 Å². The number of rotatable bonds is 7. The van der Waals surface area contributed by atoms with Gasteiger partial charge in [-0.05, 0) is 36.8 Å². The van der Waals surface area contributed by atoms with E-state index in [1.165, 1.54) is 19.4 Å². The third-order valence-electron chi connectivity index (χ3n) is 3.46. The number of hydrogen-bond acceptors (Lipinski definition) is 6. The minimum atomic E-state index is -4.69. The van der Waals surface area contributed by atoms with Crippen molar-refractivity contribution in [3.63, 3.8) is 0 Å². The van der Waals surface area contributed by atoms with E-state index in [9.17, 15) is 23.3 Å². The zero-order valence-electron chi connectivity index (χ0n) is 14.7. The number of halogens is 4. The van der Waals surface area contributed by atoms with Crippen LogP contribution in [0.5, 0.6) is 11.5 Å². The lowest BCUT2D eigenvalue weighted by Crippen LogP contribution is -2.06. The summed E-state index contributed by atoms with van der Waals surface area (Å²) in [6.07, 6.45) is -3.41. The van der Waals surface area contributed by atoms with Crippen molar-refractivity contribution in [2.45, 2.75) is 13.1 Å². The molecule has 0 fully saturated rings. The highest BCUT2D eigenvalue weighted by molar-refractivity contribution is 6.32. The molecule has 0 aliphatic carbocycles. The Labute approximate surface area is 162 Å². The molecule has 2 rings (SSSR count). The van der Waals surface area contributed by atoms with Crippen LogP contribution in [0.15, 0.2) is 35.4 Å². The maximum absolute atomic E-state index is 12.7. The van der Waals surface area contributed by atoms with Crippen molar-refractivity contribution in [2.75, 3.05) is 19.1 Å². The second-order valence-corrected chi connectivity index (χ2v) is 5.73. The summed E-state index contributed by atoms with van der Waals surface area (Å²) in [5, 5.41) is 15.1. The number of hydrogen-bond donors (Lipinski definition) is 1. The first-order chi connectivity index (χ1) is 13.2. The number of nitro benzene ring substituents is 1. The molecule has 0 aromatic heterocycles. The number of alkyl halides is 3. The minimum absolute atomic E-state index is 0.196. The second-order valence-electron chi connectivity index (χ2n) is 5.32. The molecule has 0 heterocycles. The van der Waals surface area contributed by atoms with E-state index in [1.54, 1.807) is 13.0 Å². The Balaban J connectivity index is 2.27. The molecule has 11 heteroatoms. The molecule has 0 aliphatic rings. The van der Waals surface area contributed by atoms with Gasteiger partial charge in [0.2, 0.25) is 0 Å². The van der Waals surface area contributed by atoms with Crippen LogP contribution in [0.4, 0.5) is 24.5 Å². The summed E-state index contributed by atoms with van der Waals surface area (Å²) in [4.78, 5) is 10.1. The highest BCUT2D eigenvalue weighted by Gasteiger charge is 2.33. The van der Waals surface area contributed by atoms with E-state index >= 15 is 0 Å². The Morgan fingerprint density at radius 2 is 2.04 bits per heavy atom. The first-order valence-corrected chi connectivity index (χ1v) is 8.20. The number of methoxy groups -OCH3 is 1. The van der Waals surface area contributed by atoms with Gasteiger partial charge in [0.1, 0.15) is 5.69 Å². The zero-order valence-corrected chi connectivity index (χ0v) is 15.5. The summed E-state index contributed by atoms with van der Waals surface area (Å²) >= 11 is 6.13. The lowest BCUT2D eigenvalue weighted by Gasteiger charge is -2.11. The number of hydrazone groups is 1. The van der Waals surface area contributed by atoms with Gasteiger partial charge in [-0.25, -0.2) is 0 Å². The maximum atomic E-state index is 12.7. The zero-order chi connectivity index (χ0) is 20.9. The summed E-state index contributed by atoms with van der Waals surface area (Å²) < 4.78 is 48.8. The van der Waals surface area contributed by atoms with Crippen LogP contribution in [0.25, 0.3) is 0 Å². The third-order valence-corrected chi connectivity index (χ3v) is 3.74. The summed E-state index contributed by atoms with van der Waals surface area (Å²) in [7, 11) is 1.43. The highest BCUT2D eigenvalue weighted by atomic mass is 35.5. The minimum Gasteiger partial charge on any atom is -0.493 e. The van der Waals surface area contributed by atoms with Crippen molar-refractivity contribution in [3.8, 4) is 11.5 Å². The molecule has 7 nitrogen and oxygen atoms in total. The Morgan fingerprint density at radius 1 is 1.32 bits per heavy atom. The van der Waals surface area contributed by atoms with Gasteiger partial charge in [-0.1, -0.05) is 11.6 Å². The molecule has 0 aliphatic heterocycles. The Morgan fingerprint density at radius 3 is 2.61 bits per heavy atom. The molecular weight excluding hydrogens is 403 g/mol. The van der Waals surface area contributed by atoms with Crippen LogP contribution in [0.2, 0.25) is 5.02 Å². The van der Waals surface area contributed by atoms with E-state index in [2.05, 4.69) is 10.5 Å². The quantitative estimate of drug-likeness (QED) is 0.384. The molecule has 150 valence electrons. The molecule has 0 amide bonds. The first kappa shape index (κ1) is 21.3. The summed E-state index contributed by atoms with van der Waals surface area (Å²) in [5.41, 5.74) is 0.763. The van der Waals surface area contributed by atoms with Gasteiger partial charge < -0.3 is 9.47 Å². The molecule has 0 radical (unpaired) electrons. The number of ether oxygens (including phenoxy) is 2. The van der Waals surface area contributed by atoms with Gasteiger partial charge in [-0.3, -0.25) is 15.5 Å². The van der Waals surface area contributed by atoms with E-state index in [-0.39, 0.29) is 10.7 Å². The molecule has 0 unspecified atom stereocenters. The van der Waals surface area contributed by atoms with E-state index in [0.717, 1.165) is 12.1 Å². The fourth-order valence-electron chi connectivity index (χ4n) is 2.23. The molecule has 1 N–H and O–H groups in total. The fourth-order valence-corrected chi connectivity index (χ4v) is 2.50. The van der Waals surface area contributed by atoms with Crippen molar-refractivity contribution in [3.05, 3.63) is 56.6 Å². The van der Waals surface area contributed by atoms with Crippen LogP contribution in [-0.2, 0) is 6.18 Å². The predicted octanol–water partition coefficient (Wildman–Crippen LogP) is 5.12. The second kappa shape index (κ2) is 8.79. The molecule has 0 atom stereocenters. The van der Waals surface area contributed by atoms with Gasteiger partial charge in [0, 0.05) is 6.07 Å². The van der Waals surface area contributed by atoms with Crippen molar-refractivity contribution < 1.29 is 27.6 Å². The van der Waals surface area contributed by atoms with Gasteiger partial charge in [0.25, 0.3) is 5.69 Å². The summed E-state index contributed by atoms with van der Waals surface area (Å²) in [5.74, 6) is 0.714. The van der Waals surface area contributed by atoms with Crippen molar-refractivity contribution in [1.29, 1.82) is 0 Å². The van der Waals surface area contributed by atoms with Gasteiger partial charge >= 0.3 is 6.18 Å². The molecular formula is C17H15ClF3N3O4. The van der Waals surface area contributed by atoms with Crippen LogP contribution in [0.1, 0.15) is 18.1 Å². The number of nitro groups is 1. The van der Waals surface area contributed by atoms with Crippen molar-refractivity contribution in [1.82, 2.24) is 0 Å². The lowest BCUT2D eigenvalue weighted by molar-refractivity contribution is -0.384. The lowest BCUT2D eigenvalue weighted by atomic mass is 10.1. The Hall–Kier alpha value is -3.01. The molecule has 0 saturated heterocycles. The van der Waals surface area contributed by atoms with E-state index in [1.807, 2.05) is 0 Å². The third kappa shape index (κ3) is 5.03. The molecule has 0 bridgehead atoms. The van der Waals surface area contributed by atoms with Crippen LogP contribution in [0, 0.1) is 10.1 Å². The van der Waals surface area contributed by atoms with Crippen LogP contribution >= 0.6 is 11.6 Å². The number of anilines is 1. The summed E-state index contributed by atoms with van der Waals surface area (Å²) in [6.45, 7) is 2.16. The maximum Gasteiger partial charge on any atom is 0.416 e. The van der Waals surface area contributed by atoms with E-state index in [0.29, 0.717) is 29.7 Å². The SMILES string of the molecule is CCOc1c(Cl)cc(/C=N\Nc2ccc(C(F)(F)F)cc2[N+](=O)[O-])cc1OC. The average Bonchev–Trinajstić information content (AvgIpc) is 2.62. The van der Waals surface area contributed by atoms with Gasteiger partial charge in [0.05, 0.1) is 35.4 Å².